The van der Waals surface area contributed by atoms with E-state index in [4.69, 9.17) is 4.74 Å². The summed E-state index contributed by atoms with van der Waals surface area (Å²) in [4.78, 5) is 39.0. The molecule has 3 aromatic rings. The molecule has 2 aliphatic rings. The van der Waals surface area contributed by atoms with Gasteiger partial charge in [-0.05, 0) is 60.4 Å². The Morgan fingerprint density at radius 1 is 0.892 bits per heavy atom. The van der Waals surface area contributed by atoms with Crippen LogP contribution in [0.5, 0.6) is 5.75 Å². The van der Waals surface area contributed by atoms with Crippen molar-refractivity contribution in [3.63, 3.8) is 0 Å². The number of nitrogens with zero attached hydrogens (tertiary/aromatic N) is 2. The quantitative estimate of drug-likeness (QED) is 0.495. The Bertz CT molecular complexity index is 1450. The monoisotopic (exact) mass is 520 g/mol. The summed E-state index contributed by atoms with van der Waals surface area (Å²) in [6.45, 7) is -0.141. The van der Waals surface area contributed by atoms with Gasteiger partial charge in [0.1, 0.15) is 11.8 Å². The number of aliphatic carboxylic acids is 1. The molecule has 1 saturated heterocycles. The first-order valence-electron chi connectivity index (χ1n) is 11.7. The second-order valence-corrected chi connectivity index (χ2v) is 10.8. The molecular formula is C27H24N2O7S. The highest BCUT2D eigenvalue weighted by molar-refractivity contribution is 7.89. The minimum atomic E-state index is -4.15. The lowest BCUT2D eigenvalue weighted by molar-refractivity contribution is -0.143. The van der Waals surface area contributed by atoms with Crippen LogP contribution in [-0.2, 0) is 14.8 Å². The minimum Gasteiger partial charge on any atom is -0.497 e. The molecule has 0 unspecified atom stereocenters. The molecule has 1 N–H and O–H groups in total. The number of hydrogen-bond acceptors (Lipinski definition) is 6. The third kappa shape index (κ3) is 4.28. The smallest absolute Gasteiger partial charge is 0.322 e. The van der Waals surface area contributed by atoms with Gasteiger partial charge in [0.2, 0.25) is 10.0 Å². The average Bonchev–Trinajstić information content (AvgIpc) is 3.18. The molecule has 10 heteroatoms. The molecule has 2 aliphatic heterocycles. The van der Waals surface area contributed by atoms with E-state index in [1.165, 1.54) is 12.1 Å². The second kappa shape index (κ2) is 9.45. The van der Waals surface area contributed by atoms with Crippen molar-refractivity contribution in [1.82, 2.24) is 9.21 Å². The van der Waals surface area contributed by atoms with E-state index in [1.54, 1.807) is 55.6 Å². The van der Waals surface area contributed by atoms with Gasteiger partial charge in [0.25, 0.3) is 11.8 Å². The molecule has 0 radical (unpaired) electrons. The van der Waals surface area contributed by atoms with E-state index in [1.807, 2.05) is 12.1 Å². The fraction of sp³-hybridized carbons (Fsp3) is 0.222. The Labute approximate surface area is 213 Å². The first kappa shape index (κ1) is 24.7. The molecule has 1 fully saturated rings. The van der Waals surface area contributed by atoms with Crippen LogP contribution >= 0.6 is 0 Å². The van der Waals surface area contributed by atoms with E-state index in [0.29, 0.717) is 5.75 Å². The second-order valence-electron chi connectivity index (χ2n) is 8.93. The normalized spacial score (nSPS) is 20.1. The molecule has 190 valence electrons. The van der Waals surface area contributed by atoms with Gasteiger partial charge in [-0.2, -0.15) is 4.31 Å². The number of benzene rings is 3. The van der Waals surface area contributed by atoms with Crippen molar-refractivity contribution >= 4 is 27.8 Å². The summed E-state index contributed by atoms with van der Waals surface area (Å²) in [5.41, 5.74) is 2.20. The van der Waals surface area contributed by atoms with Gasteiger partial charge < -0.3 is 9.84 Å². The van der Waals surface area contributed by atoms with Gasteiger partial charge in [0.15, 0.2) is 0 Å². The van der Waals surface area contributed by atoms with Crippen LogP contribution < -0.4 is 4.74 Å². The molecule has 0 aliphatic carbocycles. The first-order valence-corrected chi connectivity index (χ1v) is 13.1. The van der Waals surface area contributed by atoms with Crippen LogP contribution in [0.1, 0.15) is 33.6 Å². The van der Waals surface area contributed by atoms with Crippen LogP contribution in [0.4, 0.5) is 0 Å². The van der Waals surface area contributed by atoms with Crippen LogP contribution in [0.2, 0.25) is 0 Å². The lowest BCUT2D eigenvalue weighted by Gasteiger charge is -2.39. The molecule has 2 heterocycles. The van der Waals surface area contributed by atoms with Crippen molar-refractivity contribution in [2.75, 3.05) is 13.7 Å². The number of sulfonamides is 1. The summed E-state index contributed by atoms with van der Waals surface area (Å²) in [7, 11) is -2.58. The van der Waals surface area contributed by atoms with Gasteiger partial charge in [-0.1, -0.05) is 36.4 Å². The Balaban J connectivity index is 1.37. The SMILES string of the molecule is COc1ccc(-c2ccc(S(=O)(=O)N3CC[C@@H](N4C(=O)c5ccccc5C4=O)C[C@@H]3C(=O)O)cc2)cc1. The van der Waals surface area contributed by atoms with E-state index >= 15 is 0 Å². The third-order valence-corrected chi connectivity index (χ3v) is 8.81. The largest absolute Gasteiger partial charge is 0.497 e. The maximum Gasteiger partial charge on any atom is 0.322 e. The summed E-state index contributed by atoms with van der Waals surface area (Å²) in [6, 6.07) is 17.8. The van der Waals surface area contributed by atoms with Gasteiger partial charge in [0.05, 0.1) is 23.1 Å². The zero-order valence-corrected chi connectivity index (χ0v) is 20.7. The van der Waals surface area contributed by atoms with Gasteiger partial charge in [-0.3, -0.25) is 19.3 Å². The number of carboxylic acid groups (broad SMARTS) is 1. The number of carboxylic acids is 1. The fourth-order valence-corrected chi connectivity index (χ4v) is 6.56. The number of carbonyl (C=O) groups excluding carboxylic acids is 2. The van der Waals surface area contributed by atoms with Crippen LogP contribution in [0.25, 0.3) is 11.1 Å². The lowest BCUT2D eigenvalue weighted by atomic mass is 9.98. The number of piperidine rings is 1. The number of imide groups is 1. The number of fused-ring (bicyclic) bond motifs is 1. The highest BCUT2D eigenvalue weighted by Gasteiger charge is 2.47. The van der Waals surface area contributed by atoms with Gasteiger partial charge in [-0.15, -0.1) is 0 Å². The van der Waals surface area contributed by atoms with Crippen LogP contribution in [-0.4, -0.2) is 66.3 Å². The number of rotatable bonds is 6. The summed E-state index contributed by atoms with van der Waals surface area (Å²) < 4.78 is 33.0. The molecule has 37 heavy (non-hydrogen) atoms. The van der Waals surface area contributed by atoms with Crippen molar-refractivity contribution in [2.45, 2.75) is 29.8 Å². The maximum absolute atomic E-state index is 13.5. The van der Waals surface area contributed by atoms with Crippen molar-refractivity contribution in [3.8, 4) is 16.9 Å². The molecule has 9 nitrogen and oxygen atoms in total. The molecule has 0 bridgehead atoms. The molecule has 0 spiro atoms. The summed E-state index contributed by atoms with van der Waals surface area (Å²) in [6.07, 6.45) is -0.0532. The van der Waals surface area contributed by atoms with E-state index in [9.17, 15) is 27.9 Å². The minimum absolute atomic E-state index is 0.0322. The number of amides is 2. The lowest BCUT2D eigenvalue weighted by Crippen LogP contribution is -2.55. The Hall–Kier alpha value is -4.02. The van der Waals surface area contributed by atoms with Gasteiger partial charge in [0, 0.05) is 12.6 Å². The van der Waals surface area contributed by atoms with E-state index < -0.39 is 39.9 Å². The third-order valence-electron chi connectivity index (χ3n) is 6.89. The highest BCUT2D eigenvalue weighted by Crippen LogP contribution is 2.33. The first-order chi connectivity index (χ1) is 17.7. The topological polar surface area (TPSA) is 121 Å². The number of carbonyl (C=O) groups is 3. The average molecular weight is 521 g/mol. The zero-order chi connectivity index (χ0) is 26.3. The Kier molecular flexibility index (Phi) is 6.30. The molecule has 0 aromatic heterocycles. The standard InChI is InChI=1S/C27H24N2O7S/c1-36-20-10-6-17(7-11-20)18-8-12-21(13-9-18)37(34,35)28-15-14-19(16-24(28)27(32)33)29-25(30)22-4-2-3-5-23(22)26(29)31/h2-13,19,24H,14-16H2,1H3,(H,32,33)/t19-,24-/m1/s1. The molecule has 2 amide bonds. The number of methoxy groups -OCH3 is 1. The highest BCUT2D eigenvalue weighted by atomic mass is 32.2. The van der Waals surface area contributed by atoms with Crippen molar-refractivity contribution < 1.29 is 32.6 Å². The fourth-order valence-electron chi connectivity index (χ4n) is 4.95. The summed E-state index contributed by atoms with van der Waals surface area (Å²) in [5.74, 6) is -1.60. The maximum atomic E-state index is 13.5. The Morgan fingerprint density at radius 3 is 1.95 bits per heavy atom. The summed E-state index contributed by atoms with van der Waals surface area (Å²) >= 11 is 0. The van der Waals surface area contributed by atoms with Crippen LogP contribution in [0.15, 0.2) is 77.7 Å². The predicted octanol–water partition coefficient (Wildman–Crippen LogP) is 3.26. The van der Waals surface area contributed by atoms with Crippen LogP contribution in [0.3, 0.4) is 0 Å². The van der Waals surface area contributed by atoms with Crippen molar-refractivity contribution in [2.24, 2.45) is 0 Å². The zero-order valence-electron chi connectivity index (χ0n) is 19.9. The molecule has 3 aromatic carbocycles. The van der Waals surface area contributed by atoms with E-state index in [0.717, 1.165) is 20.3 Å². The van der Waals surface area contributed by atoms with Gasteiger partial charge in [-0.25, -0.2) is 8.42 Å². The molecule has 0 saturated carbocycles. The van der Waals surface area contributed by atoms with E-state index in [-0.39, 0.29) is 35.4 Å². The van der Waals surface area contributed by atoms with E-state index in [2.05, 4.69) is 0 Å². The van der Waals surface area contributed by atoms with Crippen LogP contribution in [0, 0.1) is 0 Å². The molecular weight excluding hydrogens is 496 g/mol. The number of hydrogen-bond donors (Lipinski definition) is 1. The Morgan fingerprint density at radius 2 is 1.43 bits per heavy atom. The van der Waals surface area contributed by atoms with Crippen molar-refractivity contribution in [1.29, 1.82) is 0 Å². The van der Waals surface area contributed by atoms with Crippen molar-refractivity contribution in [3.05, 3.63) is 83.9 Å². The number of ether oxygens (including phenoxy) is 1. The predicted molar refractivity (Wildman–Crippen MR) is 134 cm³/mol. The summed E-state index contributed by atoms with van der Waals surface area (Å²) in [5, 5.41) is 9.92. The molecule has 2 atom stereocenters. The molecule has 5 rings (SSSR count). The van der Waals surface area contributed by atoms with Gasteiger partial charge >= 0.3 is 5.97 Å².